The van der Waals surface area contributed by atoms with Crippen LogP contribution in [-0.2, 0) is 33.5 Å². The molecule has 1 aliphatic rings. The summed E-state index contributed by atoms with van der Waals surface area (Å²) < 4.78 is 15.4. The van der Waals surface area contributed by atoms with E-state index in [2.05, 4.69) is 0 Å². The van der Waals surface area contributed by atoms with Gasteiger partial charge in [0.25, 0.3) is 0 Å². The molecular weight excluding hydrogens is 396 g/mol. The summed E-state index contributed by atoms with van der Waals surface area (Å²) in [4.78, 5) is 32.3. The van der Waals surface area contributed by atoms with Crippen LogP contribution >= 0.6 is 11.8 Å². The van der Waals surface area contributed by atoms with Crippen LogP contribution in [0.4, 0.5) is 0 Å². The molecule has 1 aromatic rings. The van der Waals surface area contributed by atoms with Crippen molar-refractivity contribution in [2.45, 2.75) is 44.0 Å². The molecule has 4 atom stereocenters. The summed E-state index contributed by atoms with van der Waals surface area (Å²) in [5, 5.41) is 41.2. The third-order valence-electron chi connectivity index (χ3n) is 3.87. The summed E-state index contributed by atoms with van der Waals surface area (Å²) in [5.74, 6) is -4.30. The highest BCUT2D eigenvalue weighted by Gasteiger charge is 2.57. The Kier molecular flexibility index (Phi) is 6.30. The zero-order valence-electron chi connectivity index (χ0n) is 15.2. The summed E-state index contributed by atoms with van der Waals surface area (Å²) in [7, 11) is 0. The second kappa shape index (κ2) is 8.15. The fourth-order valence-electron chi connectivity index (χ4n) is 2.95. The Labute approximate surface area is 164 Å². The third kappa shape index (κ3) is 4.42. The highest BCUT2D eigenvalue weighted by atomic mass is 32.2. The molecule has 154 valence electrons. The highest BCUT2D eigenvalue weighted by Crippen LogP contribution is 2.52. The number of thioether (sulfide) groups is 1. The normalized spacial score (nSPS) is 26.9. The van der Waals surface area contributed by atoms with Gasteiger partial charge in [-0.15, -0.1) is 11.8 Å². The molecule has 0 bridgehead atoms. The lowest BCUT2D eigenvalue weighted by Gasteiger charge is -2.45. The van der Waals surface area contributed by atoms with Crippen molar-refractivity contribution in [2.24, 2.45) is 0 Å². The topological polar surface area (TPSA) is 160 Å². The molecule has 10 nitrogen and oxygen atoms in total. The van der Waals surface area contributed by atoms with Gasteiger partial charge in [0.15, 0.2) is 23.2 Å². The van der Waals surface area contributed by atoms with Gasteiger partial charge >= 0.3 is 17.9 Å². The quantitative estimate of drug-likeness (QED) is 0.399. The van der Waals surface area contributed by atoms with Crippen molar-refractivity contribution < 1.29 is 49.0 Å². The maximum atomic E-state index is 11.7. The van der Waals surface area contributed by atoms with Crippen molar-refractivity contribution in [1.29, 1.82) is 0 Å². The first-order valence-electron chi connectivity index (χ1n) is 8.09. The Morgan fingerprint density at radius 3 is 1.93 bits per heavy atom. The average molecular weight is 416 g/mol. The fourth-order valence-corrected chi connectivity index (χ4v) is 4.33. The maximum Gasteiger partial charge on any atom is 0.303 e. The molecule has 11 heteroatoms. The molecule has 0 amide bonds. The number of rotatable bonds is 4. The second-order valence-corrected chi connectivity index (χ2v) is 7.36. The van der Waals surface area contributed by atoms with Gasteiger partial charge in [-0.25, -0.2) is 0 Å². The second-order valence-electron chi connectivity index (χ2n) is 6.12. The summed E-state index contributed by atoms with van der Waals surface area (Å²) in [6.07, 6.45) is -4.15. The van der Waals surface area contributed by atoms with Gasteiger partial charge in [0.1, 0.15) is 17.2 Å². The molecule has 1 unspecified atom stereocenters. The third-order valence-corrected chi connectivity index (χ3v) is 5.24. The zero-order chi connectivity index (χ0) is 21.2. The van der Waals surface area contributed by atoms with Crippen molar-refractivity contribution in [3.8, 4) is 17.2 Å². The molecule has 0 aliphatic carbocycles. The van der Waals surface area contributed by atoms with E-state index >= 15 is 0 Å². The van der Waals surface area contributed by atoms with Crippen LogP contribution in [0, 0.1) is 0 Å². The van der Waals surface area contributed by atoms with E-state index in [1.165, 1.54) is 0 Å². The van der Waals surface area contributed by atoms with E-state index in [1.54, 1.807) is 0 Å². The van der Waals surface area contributed by atoms with Crippen LogP contribution < -0.4 is 0 Å². The number of hydrogen-bond donors (Lipinski definition) is 4. The van der Waals surface area contributed by atoms with Gasteiger partial charge in [-0.3, -0.25) is 14.4 Å². The molecule has 1 aliphatic heterocycles. The van der Waals surface area contributed by atoms with E-state index in [1.807, 2.05) is 0 Å². The average Bonchev–Trinajstić information content (AvgIpc) is 2.51. The van der Waals surface area contributed by atoms with Gasteiger partial charge in [-0.05, 0) is 0 Å². The van der Waals surface area contributed by atoms with Crippen LogP contribution in [-0.4, -0.2) is 62.4 Å². The van der Waals surface area contributed by atoms with Crippen LogP contribution in [0.15, 0.2) is 12.1 Å². The van der Waals surface area contributed by atoms with Crippen molar-refractivity contribution in [2.75, 3.05) is 5.75 Å². The monoisotopic (exact) mass is 416 g/mol. The van der Waals surface area contributed by atoms with Crippen molar-refractivity contribution >= 4 is 29.7 Å². The first-order valence-corrected chi connectivity index (χ1v) is 9.07. The molecule has 0 radical (unpaired) electrons. The Morgan fingerprint density at radius 1 is 0.964 bits per heavy atom. The number of ether oxygens (including phenoxy) is 3. The summed E-state index contributed by atoms with van der Waals surface area (Å²) in [6, 6.07) is 1.74. The Balaban J connectivity index is 2.61. The molecule has 1 aromatic carbocycles. The minimum atomic E-state index is -2.29. The molecule has 1 saturated heterocycles. The van der Waals surface area contributed by atoms with Crippen LogP contribution in [0.5, 0.6) is 17.2 Å². The number of carbonyl (C=O) groups excluding carboxylic acids is 3. The lowest BCUT2D eigenvalue weighted by atomic mass is 9.94. The molecule has 1 fully saturated rings. The zero-order valence-corrected chi connectivity index (χ0v) is 16.1. The number of hydrogen-bond acceptors (Lipinski definition) is 11. The molecule has 0 aromatic heterocycles. The largest absolute Gasteiger partial charge is 0.508 e. The van der Waals surface area contributed by atoms with Gasteiger partial charge in [0.2, 0.25) is 0 Å². The number of phenolic OH excluding ortho intramolecular Hbond substituents is 3. The van der Waals surface area contributed by atoms with Crippen LogP contribution in [0.3, 0.4) is 0 Å². The minimum absolute atomic E-state index is 0.119. The number of carbonyl (C=O) groups is 3. The Morgan fingerprint density at radius 2 is 1.46 bits per heavy atom. The van der Waals surface area contributed by atoms with E-state index in [0.717, 1.165) is 32.9 Å². The Bertz CT molecular complexity index is 771. The highest BCUT2D eigenvalue weighted by molar-refractivity contribution is 8.00. The molecule has 0 spiro atoms. The Hall–Kier alpha value is -2.66. The predicted octanol–water partition coefficient (Wildman–Crippen LogP) is 0.490. The van der Waals surface area contributed by atoms with E-state index in [4.69, 9.17) is 14.2 Å². The van der Waals surface area contributed by atoms with Gasteiger partial charge in [-0.1, -0.05) is 0 Å². The summed E-state index contributed by atoms with van der Waals surface area (Å²) in [6.45, 7) is 3.25. The standard InChI is InChI=1S/C17H20O10S/c1-7(18)25-13-6-28-17(24,14-11(22)4-10(21)5-12(14)23)16(27-9(3)20)15(13)26-8(2)19/h4-5,13,15-16,21-24H,6H2,1-3H3/t13-,15+,16-,17?/m1/s1. The molecule has 4 N–H and O–H groups in total. The number of aliphatic hydroxyl groups is 1. The lowest BCUT2D eigenvalue weighted by molar-refractivity contribution is -0.198. The van der Waals surface area contributed by atoms with Gasteiger partial charge < -0.3 is 34.6 Å². The number of aromatic hydroxyl groups is 3. The van der Waals surface area contributed by atoms with Gasteiger partial charge in [0, 0.05) is 38.7 Å². The summed E-state index contributed by atoms with van der Waals surface area (Å²) in [5.41, 5.74) is -0.458. The summed E-state index contributed by atoms with van der Waals surface area (Å²) >= 11 is 0.692. The first kappa shape index (κ1) is 21.6. The van der Waals surface area contributed by atoms with Gasteiger partial charge in [-0.2, -0.15) is 0 Å². The van der Waals surface area contributed by atoms with E-state index in [9.17, 15) is 34.8 Å². The van der Waals surface area contributed by atoms with E-state index in [-0.39, 0.29) is 5.75 Å². The predicted molar refractivity (Wildman–Crippen MR) is 94.5 cm³/mol. The molecule has 2 rings (SSSR count). The van der Waals surface area contributed by atoms with E-state index < -0.39 is 64.0 Å². The van der Waals surface area contributed by atoms with E-state index in [0.29, 0.717) is 11.8 Å². The fraction of sp³-hybridized carbons (Fsp3) is 0.471. The van der Waals surface area contributed by atoms with Crippen LogP contribution in [0.25, 0.3) is 0 Å². The van der Waals surface area contributed by atoms with Crippen LogP contribution in [0.1, 0.15) is 26.3 Å². The SMILES string of the molecule is CC(=O)O[C@@H]1[C@@H](OC(C)=O)C(O)(c2c(O)cc(O)cc2O)SC[C@H]1OC(C)=O. The molecular formula is C17H20O10S. The molecule has 28 heavy (non-hydrogen) atoms. The number of esters is 3. The first-order chi connectivity index (χ1) is 13.0. The molecule has 1 heterocycles. The van der Waals surface area contributed by atoms with Crippen molar-refractivity contribution in [1.82, 2.24) is 0 Å². The number of phenols is 3. The van der Waals surface area contributed by atoms with Gasteiger partial charge in [0.05, 0.1) is 5.56 Å². The minimum Gasteiger partial charge on any atom is -0.508 e. The maximum absolute atomic E-state index is 11.7. The van der Waals surface area contributed by atoms with Crippen molar-refractivity contribution in [3.63, 3.8) is 0 Å². The van der Waals surface area contributed by atoms with Crippen LogP contribution in [0.2, 0.25) is 0 Å². The smallest absolute Gasteiger partial charge is 0.303 e. The lowest BCUT2D eigenvalue weighted by Crippen LogP contribution is -2.58. The number of benzene rings is 1. The van der Waals surface area contributed by atoms with Crippen molar-refractivity contribution in [3.05, 3.63) is 17.7 Å². The molecule has 0 saturated carbocycles.